The fraction of sp³-hybridized carbons (Fsp3) is 0.500. The van der Waals surface area contributed by atoms with Gasteiger partial charge in [0.1, 0.15) is 5.82 Å². The molecule has 0 aliphatic carbocycles. The number of thiazole rings is 1. The zero-order valence-corrected chi connectivity index (χ0v) is 6.93. The Morgan fingerprint density at radius 3 is 3.30 bits per heavy atom. The molecule has 1 N–H and O–H groups in total. The van der Waals surface area contributed by atoms with Crippen molar-refractivity contribution in [2.24, 2.45) is 0 Å². The maximum Gasteiger partial charge on any atom is 0.185 e. The number of hydrogen-bond acceptors (Lipinski definition) is 3. The van der Waals surface area contributed by atoms with E-state index in [4.69, 9.17) is 11.6 Å². The Bertz CT molecular complexity index is 222. The highest BCUT2D eigenvalue weighted by molar-refractivity contribution is 7.16. The number of aromatic nitrogens is 1. The van der Waals surface area contributed by atoms with Gasteiger partial charge in [0.15, 0.2) is 4.47 Å². The Morgan fingerprint density at radius 1 is 1.60 bits per heavy atom. The van der Waals surface area contributed by atoms with E-state index in [1.165, 1.54) is 11.3 Å². The van der Waals surface area contributed by atoms with E-state index >= 15 is 0 Å². The number of hydrogen-bond donors (Lipinski definition) is 1. The largest absolute Gasteiger partial charge is 0.369 e. The summed E-state index contributed by atoms with van der Waals surface area (Å²) in [7, 11) is 0. The zero-order chi connectivity index (χ0) is 6.97. The lowest BCUT2D eigenvalue weighted by atomic mass is 10.2. The van der Waals surface area contributed by atoms with Gasteiger partial charge in [0.05, 0.1) is 4.88 Å². The van der Waals surface area contributed by atoms with Gasteiger partial charge in [-0.2, -0.15) is 0 Å². The predicted octanol–water partition coefficient (Wildman–Crippen LogP) is 2.15. The van der Waals surface area contributed by atoms with Crippen molar-refractivity contribution in [1.82, 2.24) is 4.98 Å². The fourth-order valence-electron chi connectivity index (χ4n) is 1.09. The van der Waals surface area contributed by atoms with Crippen molar-refractivity contribution in [2.45, 2.75) is 12.8 Å². The zero-order valence-electron chi connectivity index (χ0n) is 5.35. The highest BCUT2D eigenvalue weighted by atomic mass is 35.5. The van der Waals surface area contributed by atoms with E-state index in [1.54, 1.807) is 11.3 Å². The van der Waals surface area contributed by atoms with Crippen LogP contribution in [0.4, 0.5) is 5.82 Å². The molecule has 0 fully saturated rings. The molecule has 0 spiro atoms. The van der Waals surface area contributed by atoms with Crippen LogP contribution in [0.15, 0.2) is 0 Å². The van der Waals surface area contributed by atoms with Crippen molar-refractivity contribution in [3.8, 4) is 0 Å². The SMILES string of the molecule is Clc1nc2c(s1)CCCN2. The van der Waals surface area contributed by atoms with Gasteiger partial charge < -0.3 is 5.32 Å². The van der Waals surface area contributed by atoms with Gasteiger partial charge in [0.25, 0.3) is 0 Å². The topological polar surface area (TPSA) is 24.9 Å². The molecule has 0 unspecified atom stereocenters. The van der Waals surface area contributed by atoms with E-state index in [-0.39, 0.29) is 0 Å². The molecule has 10 heavy (non-hydrogen) atoms. The highest BCUT2D eigenvalue weighted by Crippen LogP contribution is 2.29. The minimum atomic E-state index is 0.652. The number of halogens is 1. The average Bonchev–Trinajstić information content (AvgIpc) is 2.27. The summed E-state index contributed by atoms with van der Waals surface area (Å²) in [6, 6.07) is 0. The molecule has 1 aliphatic rings. The molecule has 1 aromatic rings. The number of aryl methyl sites for hydroxylation is 1. The van der Waals surface area contributed by atoms with Crippen LogP contribution in [0.25, 0.3) is 0 Å². The summed E-state index contributed by atoms with van der Waals surface area (Å²) in [5.41, 5.74) is 0. The van der Waals surface area contributed by atoms with Gasteiger partial charge in [-0.05, 0) is 12.8 Å². The van der Waals surface area contributed by atoms with Crippen molar-refractivity contribution in [3.05, 3.63) is 9.34 Å². The molecule has 4 heteroatoms. The first-order chi connectivity index (χ1) is 4.86. The van der Waals surface area contributed by atoms with Gasteiger partial charge in [0.2, 0.25) is 0 Å². The van der Waals surface area contributed by atoms with Crippen molar-refractivity contribution in [2.75, 3.05) is 11.9 Å². The van der Waals surface area contributed by atoms with Gasteiger partial charge in [-0.15, -0.1) is 11.3 Å². The molecule has 0 radical (unpaired) electrons. The van der Waals surface area contributed by atoms with Crippen LogP contribution in [0, 0.1) is 0 Å². The summed E-state index contributed by atoms with van der Waals surface area (Å²) in [5.74, 6) is 1.00. The Morgan fingerprint density at radius 2 is 2.50 bits per heavy atom. The highest BCUT2D eigenvalue weighted by Gasteiger charge is 2.12. The lowest BCUT2D eigenvalue weighted by Gasteiger charge is -2.10. The second-order valence-electron chi connectivity index (χ2n) is 2.27. The molecule has 2 nitrogen and oxygen atoms in total. The molecule has 0 saturated carbocycles. The standard InChI is InChI=1S/C6H7ClN2S/c7-6-9-5-4(10-6)2-1-3-8-5/h8H,1-3H2. The maximum atomic E-state index is 5.72. The summed E-state index contributed by atoms with van der Waals surface area (Å²) in [6.07, 6.45) is 2.33. The van der Waals surface area contributed by atoms with E-state index < -0.39 is 0 Å². The third-order valence-corrected chi connectivity index (χ3v) is 2.76. The first-order valence-corrected chi connectivity index (χ1v) is 4.45. The van der Waals surface area contributed by atoms with Crippen molar-refractivity contribution in [1.29, 1.82) is 0 Å². The molecule has 0 bridgehead atoms. The lowest BCUT2D eigenvalue weighted by Crippen LogP contribution is -2.09. The van der Waals surface area contributed by atoms with Crippen molar-refractivity contribution < 1.29 is 0 Å². The third kappa shape index (κ3) is 0.995. The summed E-state index contributed by atoms with van der Waals surface area (Å²) in [6.45, 7) is 1.03. The number of nitrogens with one attached hydrogen (secondary N) is 1. The summed E-state index contributed by atoms with van der Waals surface area (Å²) >= 11 is 7.30. The quantitative estimate of drug-likeness (QED) is 0.652. The number of nitrogens with zero attached hydrogens (tertiary/aromatic N) is 1. The number of rotatable bonds is 0. The molecule has 0 amide bonds. The van der Waals surface area contributed by atoms with Crippen molar-refractivity contribution in [3.63, 3.8) is 0 Å². The molecule has 54 valence electrons. The smallest absolute Gasteiger partial charge is 0.185 e. The van der Waals surface area contributed by atoms with Gasteiger partial charge in [-0.3, -0.25) is 0 Å². The summed E-state index contributed by atoms with van der Waals surface area (Å²) in [4.78, 5) is 5.43. The third-order valence-electron chi connectivity index (χ3n) is 1.54. The second-order valence-corrected chi connectivity index (χ2v) is 3.93. The molecular weight excluding hydrogens is 168 g/mol. The van der Waals surface area contributed by atoms with Crippen LogP contribution >= 0.6 is 22.9 Å². The van der Waals surface area contributed by atoms with E-state index in [1.807, 2.05) is 0 Å². The molecule has 0 saturated heterocycles. The van der Waals surface area contributed by atoms with Crippen LogP contribution in [0.3, 0.4) is 0 Å². The van der Waals surface area contributed by atoms with Crippen LogP contribution in [0.1, 0.15) is 11.3 Å². The molecule has 1 aliphatic heterocycles. The fourth-order valence-corrected chi connectivity index (χ4v) is 2.25. The average molecular weight is 175 g/mol. The minimum absolute atomic E-state index is 0.652. The van der Waals surface area contributed by atoms with Crippen LogP contribution < -0.4 is 5.32 Å². The van der Waals surface area contributed by atoms with E-state index in [0.717, 1.165) is 18.8 Å². The van der Waals surface area contributed by atoms with Crippen LogP contribution in [-0.4, -0.2) is 11.5 Å². The van der Waals surface area contributed by atoms with Crippen LogP contribution in [0.5, 0.6) is 0 Å². The molecule has 1 aromatic heterocycles. The maximum absolute atomic E-state index is 5.72. The molecule has 2 rings (SSSR count). The van der Waals surface area contributed by atoms with Crippen molar-refractivity contribution >= 4 is 28.8 Å². The van der Waals surface area contributed by atoms with E-state index in [2.05, 4.69) is 10.3 Å². The van der Waals surface area contributed by atoms with Gasteiger partial charge in [0, 0.05) is 6.54 Å². The molecule has 2 heterocycles. The van der Waals surface area contributed by atoms with Gasteiger partial charge in [-0.25, -0.2) is 4.98 Å². The summed E-state index contributed by atoms with van der Waals surface area (Å²) in [5, 5.41) is 3.20. The first-order valence-electron chi connectivity index (χ1n) is 3.25. The monoisotopic (exact) mass is 174 g/mol. The number of fused-ring (bicyclic) bond motifs is 1. The summed E-state index contributed by atoms with van der Waals surface area (Å²) < 4.78 is 0.652. The van der Waals surface area contributed by atoms with Gasteiger partial charge >= 0.3 is 0 Å². The van der Waals surface area contributed by atoms with Gasteiger partial charge in [-0.1, -0.05) is 11.6 Å². The Balaban J connectivity index is 2.41. The molecular formula is C6H7ClN2S. The Labute approximate surface area is 68.2 Å². The van der Waals surface area contributed by atoms with Crippen LogP contribution in [-0.2, 0) is 6.42 Å². The predicted molar refractivity (Wildman–Crippen MR) is 43.9 cm³/mol. The molecule has 0 atom stereocenters. The second kappa shape index (κ2) is 2.40. The first kappa shape index (κ1) is 6.43. The Kier molecular flexibility index (Phi) is 1.54. The minimum Gasteiger partial charge on any atom is -0.369 e. The van der Waals surface area contributed by atoms with E-state index in [9.17, 15) is 0 Å². The number of anilines is 1. The normalized spacial score (nSPS) is 16.1. The molecule has 0 aromatic carbocycles. The lowest BCUT2D eigenvalue weighted by molar-refractivity contribution is 0.837. The van der Waals surface area contributed by atoms with E-state index in [0.29, 0.717) is 4.47 Å². The Hall–Kier alpha value is -0.280. The van der Waals surface area contributed by atoms with Crippen LogP contribution in [0.2, 0.25) is 4.47 Å².